The SMILES string of the molecule is CCOc1ccc(OCc2ccc(C(=O)Nc3ccc(CN4CCCCC4)cc3)o2)cc1. The van der Waals surface area contributed by atoms with E-state index in [0.29, 0.717) is 18.1 Å². The Hall–Kier alpha value is -3.25. The van der Waals surface area contributed by atoms with Crippen molar-refractivity contribution in [2.24, 2.45) is 0 Å². The molecule has 0 radical (unpaired) electrons. The third-order valence-corrected chi connectivity index (χ3v) is 5.47. The van der Waals surface area contributed by atoms with E-state index in [2.05, 4.69) is 22.3 Å². The normalized spacial score (nSPS) is 14.2. The van der Waals surface area contributed by atoms with E-state index in [4.69, 9.17) is 13.9 Å². The van der Waals surface area contributed by atoms with E-state index in [1.165, 1.54) is 37.9 Å². The molecular formula is C26H30N2O4. The van der Waals surface area contributed by atoms with E-state index >= 15 is 0 Å². The number of hydrogen-bond donors (Lipinski definition) is 1. The summed E-state index contributed by atoms with van der Waals surface area (Å²) in [5, 5.41) is 2.89. The summed E-state index contributed by atoms with van der Waals surface area (Å²) in [5.41, 5.74) is 2.01. The summed E-state index contributed by atoms with van der Waals surface area (Å²) in [5.74, 6) is 2.08. The van der Waals surface area contributed by atoms with Gasteiger partial charge in [-0.1, -0.05) is 18.6 Å². The summed E-state index contributed by atoms with van der Waals surface area (Å²) in [6, 6.07) is 18.8. The first-order valence-corrected chi connectivity index (χ1v) is 11.3. The van der Waals surface area contributed by atoms with Gasteiger partial charge in [0.25, 0.3) is 5.91 Å². The Morgan fingerprint density at radius 3 is 2.28 bits per heavy atom. The number of benzene rings is 2. The molecular weight excluding hydrogens is 404 g/mol. The number of likely N-dealkylation sites (tertiary alicyclic amines) is 1. The van der Waals surface area contributed by atoms with E-state index in [0.717, 1.165) is 18.0 Å². The van der Waals surface area contributed by atoms with Gasteiger partial charge in [0.15, 0.2) is 5.76 Å². The van der Waals surface area contributed by atoms with Crippen LogP contribution in [0.15, 0.2) is 65.1 Å². The summed E-state index contributed by atoms with van der Waals surface area (Å²) in [7, 11) is 0. The number of nitrogens with one attached hydrogen (secondary N) is 1. The molecule has 0 aliphatic carbocycles. The van der Waals surface area contributed by atoms with Crippen molar-refractivity contribution >= 4 is 11.6 Å². The highest BCUT2D eigenvalue weighted by atomic mass is 16.5. The van der Waals surface area contributed by atoms with Crippen molar-refractivity contribution in [2.45, 2.75) is 39.3 Å². The summed E-state index contributed by atoms with van der Waals surface area (Å²) < 4.78 is 16.8. The Kier molecular flexibility index (Phi) is 7.46. The van der Waals surface area contributed by atoms with Crippen LogP contribution in [0, 0.1) is 0 Å². The topological polar surface area (TPSA) is 63.9 Å². The van der Waals surface area contributed by atoms with Gasteiger partial charge in [-0.3, -0.25) is 9.69 Å². The molecule has 1 aliphatic rings. The highest BCUT2D eigenvalue weighted by Crippen LogP contribution is 2.20. The molecule has 1 aromatic heterocycles. The van der Waals surface area contributed by atoms with Crippen LogP contribution in [-0.2, 0) is 13.2 Å². The smallest absolute Gasteiger partial charge is 0.291 e. The second-order valence-electron chi connectivity index (χ2n) is 7.95. The maximum Gasteiger partial charge on any atom is 0.291 e. The minimum absolute atomic E-state index is 0.243. The second-order valence-corrected chi connectivity index (χ2v) is 7.95. The van der Waals surface area contributed by atoms with Crippen LogP contribution in [-0.4, -0.2) is 30.5 Å². The molecule has 2 heterocycles. The van der Waals surface area contributed by atoms with Crippen LogP contribution in [0.1, 0.15) is 48.1 Å². The fraction of sp³-hybridized carbons (Fsp3) is 0.346. The summed E-state index contributed by atoms with van der Waals surface area (Å²) in [6.07, 6.45) is 3.90. The standard InChI is InChI=1S/C26H30N2O4/c1-2-30-22-10-12-23(13-11-22)31-19-24-14-15-25(32-24)26(29)27-21-8-6-20(7-9-21)18-28-16-4-3-5-17-28/h6-15H,2-5,16-19H2,1H3,(H,27,29). The molecule has 32 heavy (non-hydrogen) atoms. The number of anilines is 1. The lowest BCUT2D eigenvalue weighted by atomic mass is 10.1. The van der Waals surface area contributed by atoms with Crippen molar-refractivity contribution < 1.29 is 18.7 Å². The quantitative estimate of drug-likeness (QED) is 0.482. The van der Waals surface area contributed by atoms with Crippen molar-refractivity contribution in [2.75, 3.05) is 25.0 Å². The largest absolute Gasteiger partial charge is 0.494 e. The van der Waals surface area contributed by atoms with Crippen LogP contribution in [0.5, 0.6) is 11.5 Å². The van der Waals surface area contributed by atoms with Crippen LogP contribution < -0.4 is 14.8 Å². The average Bonchev–Trinajstić information content (AvgIpc) is 3.30. The molecule has 0 saturated carbocycles. The molecule has 0 atom stereocenters. The highest BCUT2D eigenvalue weighted by molar-refractivity contribution is 6.02. The van der Waals surface area contributed by atoms with E-state index in [1.54, 1.807) is 12.1 Å². The molecule has 0 unspecified atom stereocenters. The number of hydrogen-bond acceptors (Lipinski definition) is 5. The Balaban J connectivity index is 1.26. The van der Waals surface area contributed by atoms with Crippen molar-refractivity contribution in [3.8, 4) is 11.5 Å². The van der Waals surface area contributed by atoms with Gasteiger partial charge in [-0.25, -0.2) is 0 Å². The molecule has 0 bridgehead atoms. The molecule has 6 nitrogen and oxygen atoms in total. The van der Waals surface area contributed by atoms with E-state index < -0.39 is 0 Å². The summed E-state index contributed by atoms with van der Waals surface area (Å²) in [6.45, 7) is 6.11. The number of amides is 1. The molecule has 3 aromatic rings. The maximum atomic E-state index is 12.5. The minimum atomic E-state index is -0.277. The predicted molar refractivity (Wildman–Crippen MR) is 124 cm³/mol. The van der Waals surface area contributed by atoms with Gasteiger partial charge < -0.3 is 19.2 Å². The Bertz CT molecular complexity index is 989. The van der Waals surface area contributed by atoms with Crippen LogP contribution in [0.3, 0.4) is 0 Å². The van der Waals surface area contributed by atoms with E-state index in [1.807, 2.05) is 43.3 Å². The van der Waals surface area contributed by atoms with Crippen LogP contribution in [0.2, 0.25) is 0 Å². The zero-order valence-corrected chi connectivity index (χ0v) is 18.5. The number of carbonyl (C=O) groups is 1. The molecule has 168 valence electrons. The first kappa shape index (κ1) is 22.0. The lowest BCUT2D eigenvalue weighted by molar-refractivity contribution is 0.0992. The average molecular weight is 435 g/mol. The second kappa shape index (κ2) is 10.9. The van der Waals surface area contributed by atoms with Crippen molar-refractivity contribution in [1.82, 2.24) is 4.90 Å². The number of rotatable bonds is 9. The van der Waals surface area contributed by atoms with Gasteiger partial charge >= 0.3 is 0 Å². The number of carbonyl (C=O) groups excluding carboxylic acids is 1. The van der Waals surface area contributed by atoms with Crippen LogP contribution in [0.4, 0.5) is 5.69 Å². The summed E-state index contributed by atoms with van der Waals surface area (Å²) in [4.78, 5) is 15.0. The number of nitrogens with zero attached hydrogens (tertiary/aromatic N) is 1. The highest BCUT2D eigenvalue weighted by Gasteiger charge is 2.13. The van der Waals surface area contributed by atoms with Crippen molar-refractivity contribution in [3.63, 3.8) is 0 Å². The van der Waals surface area contributed by atoms with Gasteiger partial charge in [0.05, 0.1) is 6.61 Å². The van der Waals surface area contributed by atoms with Crippen LogP contribution in [0.25, 0.3) is 0 Å². The predicted octanol–water partition coefficient (Wildman–Crippen LogP) is 5.50. The fourth-order valence-corrected chi connectivity index (χ4v) is 3.79. The van der Waals surface area contributed by atoms with Gasteiger partial charge in [-0.05, 0) is 86.9 Å². The molecule has 4 rings (SSSR count). The molecule has 1 N–H and O–H groups in total. The minimum Gasteiger partial charge on any atom is -0.494 e. The molecule has 1 fully saturated rings. The zero-order valence-electron chi connectivity index (χ0n) is 18.5. The third kappa shape index (κ3) is 6.14. The van der Waals surface area contributed by atoms with Gasteiger partial charge in [0.2, 0.25) is 0 Å². The van der Waals surface area contributed by atoms with Gasteiger partial charge in [-0.2, -0.15) is 0 Å². The Morgan fingerprint density at radius 2 is 1.59 bits per heavy atom. The Morgan fingerprint density at radius 1 is 0.906 bits per heavy atom. The van der Waals surface area contributed by atoms with Crippen molar-refractivity contribution in [1.29, 1.82) is 0 Å². The lowest BCUT2D eigenvalue weighted by Crippen LogP contribution is -2.29. The van der Waals surface area contributed by atoms with Gasteiger partial charge in [0, 0.05) is 12.2 Å². The van der Waals surface area contributed by atoms with E-state index in [-0.39, 0.29) is 18.3 Å². The van der Waals surface area contributed by atoms with Crippen LogP contribution >= 0.6 is 0 Å². The molecule has 1 amide bonds. The molecule has 6 heteroatoms. The molecule has 1 saturated heterocycles. The van der Waals surface area contributed by atoms with Crippen molar-refractivity contribution in [3.05, 3.63) is 77.7 Å². The number of furan rings is 1. The van der Waals surface area contributed by atoms with E-state index in [9.17, 15) is 4.79 Å². The summed E-state index contributed by atoms with van der Waals surface area (Å²) >= 11 is 0. The third-order valence-electron chi connectivity index (χ3n) is 5.47. The number of ether oxygens (including phenoxy) is 2. The zero-order chi connectivity index (χ0) is 22.2. The Labute approximate surface area is 189 Å². The van der Waals surface area contributed by atoms with Gasteiger partial charge in [0.1, 0.15) is 23.9 Å². The monoisotopic (exact) mass is 434 g/mol. The van der Waals surface area contributed by atoms with Gasteiger partial charge in [-0.15, -0.1) is 0 Å². The molecule has 2 aromatic carbocycles. The first-order valence-electron chi connectivity index (χ1n) is 11.3. The maximum absolute atomic E-state index is 12.5. The molecule has 1 aliphatic heterocycles. The number of piperidine rings is 1. The molecule has 0 spiro atoms. The lowest BCUT2D eigenvalue weighted by Gasteiger charge is -2.26. The first-order chi connectivity index (χ1) is 15.7. The fourth-order valence-electron chi connectivity index (χ4n) is 3.79.